The molecule has 37 atom stereocenters. The van der Waals surface area contributed by atoms with E-state index in [4.69, 9.17) is 75.8 Å². The Hall–Kier alpha value is -2.76. The predicted molar refractivity (Wildman–Crippen MR) is 428 cm³/mol. The molecule has 44 nitrogen and oxygen atoms in total. The Morgan fingerprint density at radius 2 is 0.691 bits per heavy atom. The average molecular weight is 1880 g/mol. The highest BCUT2D eigenvalue weighted by Crippen LogP contribution is 2.41. The first-order valence-corrected chi connectivity index (χ1v) is 46.8. The zero-order valence-electron chi connectivity index (χ0n) is 66.6. The van der Waals surface area contributed by atoms with E-state index in [2.05, 4.69) is 25.9 Å². The minimum Gasteiger partial charge on any atom is -0.394 e. The number of rotatable bonds is 37. The van der Waals surface area contributed by atoms with Gasteiger partial charge < -0.3 is 189 Å². The van der Waals surface area contributed by atoms with Crippen LogP contribution >= 0.6 is 66.7 Å². The summed E-state index contributed by atoms with van der Waals surface area (Å²) in [5.41, 5.74) is 0. The predicted octanol–water partition coefficient (Wildman–Crippen LogP) is -9.28. The van der Waals surface area contributed by atoms with E-state index in [0.717, 1.165) is 28.5 Å². The van der Waals surface area contributed by atoms with E-state index in [1.807, 2.05) is 18.2 Å². The molecule has 21 saturated heterocycles. The number of amides is 2. The molecule has 0 aromatic carbocycles. The lowest BCUT2D eigenvalue weighted by Gasteiger charge is -2.50. The quantitative estimate of drug-likeness (QED) is 0.0221. The standard InChI is InChI=1S/C73H113N5O39S6/c1-31(84)9-15-102-17-18-103-16-10-33(85)21-32(65(100)77-13-19-120-122-42-7-3-5-11-75-42)27-118-29-40-63-49(91)56(98)72(109-40)114-61-38(25-82)105-69(52(94)45(61)87)113-60-37(24-81)108-71(55(97)48(60)90)117-64-41(30-119-28-34(74-2)66(101)78-14-20-121-123-43-8-4-6-12-76-43)110-73(57(99)50(64)92)115-62-39(26-83)106-68(53(95)46(62)88)111-58-35(22-79)104-67(51(93)44(58)86)112-59-36(23-80)107-70(116-63)54(96)47(59)89/h3-8,11-12,32,34-41,44-64,67-74,79-83,86-99H,9-10,13-30H2,1-2H3,(H,77,100)(H,78,101)/t32-,34-,35?,36?,37?,38?,39?,40?,41?,44-,45-,46-,47-,48-,49-,50-,51?,52?,53?,54?,55?,56?,57?,58-,59-,60-,61-,62-,63-,64-,67-,68-,69+,70-,71+,72+,73+/m1/s1. The Morgan fingerprint density at radius 1 is 0.390 bits per heavy atom. The summed E-state index contributed by atoms with van der Waals surface area (Å²) in [5.74, 6) is -2.59. The van der Waals surface area contributed by atoms with Crippen LogP contribution in [0.5, 0.6) is 0 Å². The molecule has 2 aromatic rings. The molecule has 123 heavy (non-hydrogen) atoms. The number of Topliss-reactive ketones (excluding diaryl/α,β-unsaturated/α-hetero) is 2. The van der Waals surface area contributed by atoms with Gasteiger partial charge in [-0.1, -0.05) is 33.7 Å². The van der Waals surface area contributed by atoms with Gasteiger partial charge in [-0.25, -0.2) is 9.97 Å². The molecule has 0 saturated carbocycles. The molecule has 14 bridgehead atoms. The van der Waals surface area contributed by atoms with Crippen molar-refractivity contribution >= 4 is 90.1 Å². The normalized spacial score (nSPS) is 39.4. The van der Waals surface area contributed by atoms with Crippen molar-refractivity contribution < 1.29 is 192 Å². The number of hydrogen-bond acceptors (Lipinski definition) is 48. The summed E-state index contributed by atoms with van der Waals surface area (Å²) in [4.78, 5) is 61.3. The number of aliphatic hydroxyl groups excluding tert-OH is 19. The zero-order chi connectivity index (χ0) is 88.7. The number of carbonyl (C=O) groups is 4. The number of aliphatic hydroxyl groups is 19. The summed E-state index contributed by atoms with van der Waals surface area (Å²) in [6.07, 6.45) is -69.3. The van der Waals surface area contributed by atoms with Crippen LogP contribution in [0.3, 0.4) is 0 Å². The highest BCUT2D eigenvalue weighted by atomic mass is 33.1. The third kappa shape index (κ3) is 27.5. The van der Waals surface area contributed by atoms with Gasteiger partial charge in [0.05, 0.1) is 83.6 Å². The van der Waals surface area contributed by atoms with Gasteiger partial charge >= 0.3 is 0 Å². The molecule has 14 unspecified atom stereocenters. The third-order valence-electron chi connectivity index (χ3n) is 21.1. The maximum absolute atomic E-state index is 14.2. The van der Waals surface area contributed by atoms with Crippen molar-refractivity contribution in [2.45, 2.75) is 257 Å². The van der Waals surface area contributed by atoms with Crippen LogP contribution in [0.15, 0.2) is 58.8 Å². The number of hydrogen-bond donors (Lipinski definition) is 22. The maximum Gasteiger partial charge on any atom is 0.238 e. The Labute approximate surface area is 730 Å². The average Bonchev–Trinajstić information content (AvgIpc) is 0.886. The first-order chi connectivity index (χ1) is 59.1. The van der Waals surface area contributed by atoms with E-state index >= 15 is 0 Å². The second-order valence-corrected chi connectivity index (χ2v) is 36.8. The first-order valence-electron chi connectivity index (χ1n) is 39.8. The largest absolute Gasteiger partial charge is 0.394 e. The molecule has 21 aliphatic rings. The number of likely N-dealkylation sites (N-methyl/N-ethyl adjacent to an activating group) is 1. The fraction of sp³-hybridized carbons (Fsp3) is 0.808. The van der Waals surface area contributed by atoms with Gasteiger partial charge in [-0.2, -0.15) is 23.5 Å². The van der Waals surface area contributed by atoms with Crippen molar-refractivity contribution in [1.82, 2.24) is 25.9 Å². The fourth-order valence-electron chi connectivity index (χ4n) is 14.3. The van der Waals surface area contributed by atoms with Crippen molar-refractivity contribution in [3.8, 4) is 0 Å². The number of nitrogens with one attached hydrogen (secondary N) is 3. The van der Waals surface area contributed by atoms with Gasteiger partial charge in [0.15, 0.2) is 44.0 Å². The Bertz CT molecular complexity index is 3460. The van der Waals surface area contributed by atoms with Gasteiger partial charge in [-0.15, -0.1) is 0 Å². The van der Waals surface area contributed by atoms with Crippen molar-refractivity contribution in [3.05, 3.63) is 48.8 Å². The molecule has 22 N–H and O–H groups in total. The molecular formula is C73H113N5O39S6. The van der Waals surface area contributed by atoms with Gasteiger partial charge in [-0.05, 0) is 59.8 Å². The minimum atomic E-state index is -2.30. The molecular weight excluding hydrogens is 1760 g/mol. The van der Waals surface area contributed by atoms with Crippen LogP contribution in [-0.4, -0.2) is 465 Å². The van der Waals surface area contributed by atoms with Crippen LogP contribution in [0.2, 0.25) is 0 Å². The van der Waals surface area contributed by atoms with E-state index in [1.165, 1.54) is 57.1 Å². The molecule has 21 fully saturated rings. The van der Waals surface area contributed by atoms with Gasteiger partial charge in [0.1, 0.15) is 180 Å². The van der Waals surface area contributed by atoms with Crippen LogP contribution in [-0.2, 0) is 95.0 Å². The molecule has 0 radical (unpaired) electrons. The lowest BCUT2D eigenvalue weighted by molar-refractivity contribution is -0.395. The summed E-state index contributed by atoms with van der Waals surface area (Å²) in [5, 5.41) is 231. The molecule has 700 valence electrons. The molecule has 23 heterocycles. The zero-order valence-corrected chi connectivity index (χ0v) is 71.5. The lowest BCUT2D eigenvalue weighted by atomic mass is 9.95. The van der Waals surface area contributed by atoms with Gasteiger partial charge in [-0.3, -0.25) is 19.2 Å². The molecule has 2 amide bonds. The van der Waals surface area contributed by atoms with Crippen LogP contribution < -0.4 is 16.0 Å². The van der Waals surface area contributed by atoms with Crippen LogP contribution in [0.1, 0.15) is 26.2 Å². The molecule has 0 aliphatic carbocycles. The molecule has 23 rings (SSSR count). The second-order valence-electron chi connectivity index (χ2n) is 29.8. The number of pyridine rings is 2. The lowest BCUT2D eigenvalue weighted by Crippen LogP contribution is -2.68. The highest BCUT2D eigenvalue weighted by Gasteiger charge is 2.60. The van der Waals surface area contributed by atoms with Crippen molar-refractivity contribution in [1.29, 1.82) is 0 Å². The molecule has 21 aliphatic heterocycles. The molecule has 0 spiro atoms. The Morgan fingerprint density at radius 3 is 0.992 bits per heavy atom. The summed E-state index contributed by atoms with van der Waals surface area (Å²) >= 11 is 1.96. The summed E-state index contributed by atoms with van der Waals surface area (Å²) in [6, 6.07) is 9.91. The van der Waals surface area contributed by atoms with E-state index < -0.39 is 283 Å². The van der Waals surface area contributed by atoms with Crippen molar-refractivity contribution in [2.75, 3.05) is 114 Å². The van der Waals surface area contributed by atoms with Crippen molar-refractivity contribution in [3.63, 3.8) is 0 Å². The number of nitrogens with zero attached hydrogens (tertiary/aromatic N) is 2. The first kappa shape index (κ1) is 102. The topological polar surface area (TPSA) is 662 Å². The van der Waals surface area contributed by atoms with E-state index in [1.54, 1.807) is 30.6 Å². The van der Waals surface area contributed by atoms with E-state index in [9.17, 15) is 116 Å². The Kier molecular flexibility index (Phi) is 42.2. The fourth-order valence-corrected chi connectivity index (χ4v) is 20.3. The van der Waals surface area contributed by atoms with Gasteiger partial charge in [0.25, 0.3) is 0 Å². The number of ketones is 2. The third-order valence-corrected chi connectivity index (χ3v) is 28.0. The number of thioether (sulfide) groups is 2. The summed E-state index contributed by atoms with van der Waals surface area (Å²) < 4.78 is 95.5. The molecule has 50 heteroatoms. The van der Waals surface area contributed by atoms with Crippen LogP contribution in [0, 0.1) is 5.92 Å². The number of aromatic nitrogens is 2. The highest BCUT2D eigenvalue weighted by molar-refractivity contribution is 8.77. The minimum absolute atomic E-state index is 0.0233. The van der Waals surface area contributed by atoms with Gasteiger partial charge in [0.2, 0.25) is 11.8 Å². The number of carbonyl (C=O) groups excluding carboxylic acids is 4. The van der Waals surface area contributed by atoms with Crippen LogP contribution in [0.4, 0.5) is 0 Å². The van der Waals surface area contributed by atoms with Crippen molar-refractivity contribution in [2.24, 2.45) is 5.92 Å². The van der Waals surface area contributed by atoms with Gasteiger partial charge in [0, 0.05) is 79.3 Å². The monoisotopic (exact) mass is 1880 g/mol. The summed E-state index contributed by atoms with van der Waals surface area (Å²) in [7, 11) is 7.12. The number of ether oxygens (including phenoxy) is 16. The van der Waals surface area contributed by atoms with E-state index in [0.29, 0.717) is 16.5 Å². The van der Waals surface area contributed by atoms with Crippen LogP contribution in [0.25, 0.3) is 0 Å². The maximum atomic E-state index is 14.2. The smallest absolute Gasteiger partial charge is 0.238 e. The van der Waals surface area contributed by atoms with E-state index in [-0.39, 0.29) is 81.8 Å². The Balaban J connectivity index is 0.912. The second kappa shape index (κ2) is 50.8. The molecule has 2 aromatic heterocycles. The summed E-state index contributed by atoms with van der Waals surface area (Å²) in [6.45, 7) is -3.37. The SMILES string of the molecule is CN[C@H](CSCC1O[C@H]2O[C@@H]3C(CO)O[C@H](O[C@@H]4C(CO)O[C@H](O[C@@H]5C(CO)O[C@H](O[C@@H]6C(CSC[C@@H](CC(=O)CCOCCOCCC(C)=O)C(=O)NCCSSc7ccccn7)O[C@@H](O[C@@H]7C(CO)O[C@@H](O[C@@H]8C(CO)O[C@@H](O[C@H]1[C@H](O)C2O)C(O)[C@H]8O)C(O)[C@H]7O)C(O)[C@H]6O)C(O)[C@H]5O)C(O)[C@H]4O)C(O)[C@H]3O)C(=O)NCCSSc1ccccn1.